The number of nitrogens with one attached hydrogen (secondary N) is 2. The molecule has 0 aromatic carbocycles. The van der Waals surface area contributed by atoms with Crippen molar-refractivity contribution in [2.75, 3.05) is 6.61 Å². The quantitative estimate of drug-likeness (QED) is 0.839. The molecule has 1 aromatic heterocycles. The zero-order chi connectivity index (χ0) is 16.9. The third-order valence-electron chi connectivity index (χ3n) is 4.86. The Morgan fingerprint density at radius 2 is 2.17 bits per heavy atom. The highest BCUT2D eigenvalue weighted by atomic mass is 16.5. The molecule has 2 N–H and O–H groups in total. The Labute approximate surface area is 144 Å². The van der Waals surface area contributed by atoms with Gasteiger partial charge in [0.15, 0.2) is 0 Å². The maximum Gasteiger partial charge on any atom is 0.315 e. The van der Waals surface area contributed by atoms with Crippen LogP contribution in [0.3, 0.4) is 0 Å². The molecule has 0 spiro atoms. The maximum atomic E-state index is 12.5. The number of pyridine rings is 1. The van der Waals surface area contributed by atoms with E-state index in [1.165, 1.54) is 12.8 Å². The summed E-state index contributed by atoms with van der Waals surface area (Å²) in [7, 11) is 0. The number of amides is 2. The second-order valence-electron chi connectivity index (χ2n) is 7.52. The lowest BCUT2D eigenvalue weighted by molar-refractivity contribution is -0.00919. The molecule has 24 heavy (non-hydrogen) atoms. The van der Waals surface area contributed by atoms with Crippen molar-refractivity contribution in [3.05, 3.63) is 30.1 Å². The van der Waals surface area contributed by atoms with E-state index in [0.29, 0.717) is 12.0 Å². The van der Waals surface area contributed by atoms with Gasteiger partial charge >= 0.3 is 6.03 Å². The van der Waals surface area contributed by atoms with Gasteiger partial charge < -0.3 is 15.4 Å². The summed E-state index contributed by atoms with van der Waals surface area (Å²) < 4.78 is 5.84. The predicted octanol–water partition coefficient (Wildman–Crippen LogP) is 3.43. The fourth-order valence-corrected chi connectivity index (χ4v) is 3.45. The molecule has 2 heterocycles. The second kappa shape index (κ2) is 7.97. The van der Waals surface area contributed by atoms with Gasteiger partial charge in [-0.2, -0.15) is 0 Å². The van der Waals surface area contributed by atoms with Crippen molar-refractivity contribution < 1.29 is 9.53 Å². The zero-order valence-corrected chi connectivity index (χ0v) is 14.7. The van der Waals surface area contributed by atoms with Crippen LogP contribution in [0.4, 0.5) is 4.79 Å². The van der Waals surface area contributed by atoms with E-state index < -0.39 is 0 Å². The first-order valence-corrected chi connectivity index (χ1v) is 9.21. The Morgan fingerprint density at radius 3 is 2.83 bits per heavy atom. The lowest BCUT2D eigenvalue weighted by Gasteiger charge is -2.31. The van der Waals surface area contributed by atoms with Crippen LogP contribution in [-0.4, -0.2) is 29.8 Å². The molecule has 1 saturated heterocycles. The summed E-state index contributed by atoms with van der Waals surface area (Å²) in [6.45, 7) is 5.07. The summed E-state index contributed by atoms with van der Waals surface area (Å²) in [5.41, 5.74) is 0.921. The number of carbonyl (C=O) groups is 1. The van der Waals surface area contributed by atoms with Gasteiger partial charge in [0.1, 0.15) is 0 Å². The van der Waals surface area contributed by atoms with E-state index in [9.17, 15) is 4.79 Å². The average Bonchev–Trinajstić information content (AvgIpc) is 3.40. The molecule has 0 bridgehead atoms. The van der Waals surface area contributed by atoms with Crippen LogP contribution in [0.15, 0.2) is 24.4 Å². The number of nitrogens with zero attached hydrogens (tertiary/aromatic N) is 1. The zero-order valence-electron chi connectivity index (χ0n) is 14.7. The Balaban J connectivity index is 1.54. The summed E-state index contributed by atoms with van der Waals surface area (Å²) in [6, 6.07) is 5.92. The van der Waals surface area contributed by atoms with Crippen molar-refractivity contribution in [3.63, 3.8) is 0 Å². The van der Waals surface area contributed by atoms with Crippen molar-refractivity contribution in [1.82, 2.24) is 15.6 Å². The number of ether oxygens (including phenoxy) is 1. The van der Waals surface area contributed by atoms with Gasteiger partial charge in [0.25, 0.3) is 0 Å². The van der Waals surface area contributed by atoms with Crippen molar-refractivity contribution in [1.29, 1.82) is 0 Å². The molecule has 2 fully saturated rings. The fraction of sp³-hybridized carbons (Fsp3) is 0.684. The Hall–Kier alpha value is -1.62. The van der Waals surface area contributed by atoms with Gasteiger partial charge in [0, 0.05) is 18.8 Å². The minimum Gasteiger partial charge on any atom is -0.378 e. The van der Waals surface area contributed by atoms with Crippen LogP contribution in [0.5, 0.6) is 0 Å². The molecule has 1 aliphatic carbocycles. The molecule has 0 radical (unpaired) electrons. The monoisotopic (exact) mass is 331 g/mol. The van der Waals surface area contributed by atoms with Crippen LogP contribution < -0.4 is 10.6 Å². The Bertz CT molecular complexity index is 531. The molecule has 1 aromatic rings. The van der Waals surface area contributed by atoms with Gasteiger partial charge in [-0.3, -0.25) is 4.98 Å². The first kappa shape index (κ1) is 17.2. The van der Waals surface area contributed by atoms with Crippen molar-refractivity contribution in [2.45, 2.75) is 64.1 Å². The first-order chi connectivity index (χ1) is 11.6. The molecule has 2 amide bonds. The normalized spacial score (nSPS) is 25.3. The summed E-state index contributed by atoms with van der Waals surface area (Å²) in [4.78, 5) is 16.9. The number of urea groups is 1. The lowest BCUT2D eigenvalue weighted by Crippen LogP contribution is -2.47. The summed E-state index contributed by atoms with van der Waals surface area (Å²) in [6.07, 6.45) is 7.39. The van der Waals surface area contributed by atoms with Crippen LogP contribution in [-0.2, 0) is 4.74 Å². The molecular weight excluding hydrogens is 302 g/mol. The third kappa shape index (κ3) is 4.94. The molecule has 132 valence electrons. The van der Waals surface area contributed by atoms with Gasteiger partial charge in [0.05, 0.1) is 17.8 Å². The van der Waals surface area contributed by atoms with Gasteiger partial charge in [-0.1, -0.05) is 19.9 Å². The van der Waals surface area contributed by atoms with Gasteiger partial charge in [-0.25, -0.2) is 4.79 Å². The van der Waals surface area contributed by atoms with E-state index in [4.69, 9.17) is 4.74 Å². The second-order valence-corrected chi connectivity index (χ2v) is 7.52. The first-order valence-electron chi connectivity index (χ1n) is 9.21. The number of aromatic nitrogens is 1. The Morgan fingerprint density at radius 1 is 1.33 bits per heavy atom. The molecular formula is C19H29N3O2. The molecule has 1 aliphatic heterocycles. The standard InChI is InChI=1S/C19H29N3O2/c1-13(2)11-17(16-5-3-4-9-20-16)22-19(23)21-15-8-10-24-18(12-15)14-6-7-14/h3-5,9,13-15,17-18H,6-8,10-12H2,1-2H3,(H2,21,22,23)/t15-,17-,18+/m0/s1. The number of hydrogen-bond donors (Lipinski definition) is 2. The van der Waals surface area contributed by atoms with E-state index in [1.807, 2.05) is 18.2 Å². The molecule has 1 saturated carbocycles. The highest BCUT2D eigenvalue weighted by Crippen LogP contribution is 2.38. The smallest absolute Gasteiger partial charge is 0.315 e. The summed E-state index contributed by atoms with van der Waals surface area (Å²) in [5, 5.41) is 6.27. The largest absolute Gasteiger partial charge is 0.378 e. The van der Waals surface area contributed by atoms with E-state index >= 15 is 0 Å². The van der Waals surface area contributed by atoms with Crippen LogP contribution in [0.1, 0.15) is 57.7 Å². The molecule has 5 heteroatoms. The SMILES string of the molecule is CC(C)C[C@H](NC(=O)N[C@H]1CCO[C@@H](C2CC2)C1)c1ccccn1. The van der Waals surface area contributed by atoms with Crippen LogP contribution in [0.2, 0.25) is 0 Å². The van der Waals surface area contributed by atoms with E-state index in [1.54, 1.807) is 6.20 Å². The van der Waals surface area contributed by atoms with Crippen molar-refractivity contribution in [2.24, 2.45) is 11.8 Å². The Kier molecular flexibility index (Phi) is 5.72. The van der Waals surface area contributed by atoms with E-state index in [0.717, 1.165) is 37.5 Å². The molecule has 0 unspecified atom stereocenters. The number of rotatable bonds is 6. The van der Waals surface area contributed by atoms with Crippen LogP contribution in [0, 0.1) is 11.8 Å². The predicted molar refractivity (Wildman–Crippen MR) is 93.6 cm³/mol. The number of hydrogen-bond acceptors (Lipinski definition) is 3. The van der Waals surface area contributed by atoms with Gasteiger partial charge in [-0.05, 0) is 56.1 Å². The topological polar surface area (TPSA) is 63.2 Å². The molecule has 5 nitrogen and oxygen atoms in total. The minimum absolute atomic E-state index is 0.0507. The van der Waals surface area contributed by atoms with Crippen LogP contribution >= 0.6 is 0 Å². The minimum atomic E-state index is -0.0900. The van der Waals surface area contributed by atoms with E-state index in [2.05, 4.69) is 29.5 Å². The van der Waals surface area contributed by atoms with Crippen molar-refractivity contribution >= 4 is 6.03 Å². The molecule has 2 aliphatic rings. The highest BCUT2D eigenvalue weighted by molar-refractivity contribution is 5.74. The third-order valence-corrected chi connectivity index (χ3v) is 4.86. The average molecular weight is 331 g/mol. The number of carbonyl (C=O) groups excluding carboxylic acids is 1. The van der Waals surface area contributed by atoms with Crippen molar-refractivity contribution in [3.8, 4) is 0 Å². The summed E-state index contributed by atoms with van der Waals surface area (Å²) >= 11 is 0. The van der Waals surface area contributed by atoms with E-state index in [-0.39, 0.29) is 18.1 Å². The van der Waals surface area contributed by atoms with Gasteiger partial charge in [0.2, 0.25) is 0 Å². The summed E-state index contributed by atoms with van der Waals surface area (Å²) in [5.74, 6) is 1.21. The highest BCUT2D eigenvalue weighted by Gasteiger charge is 2.36. The molecule has 3 rings (SSSR count). The lowest BCUT2D eigenvalue weighted by atomic mass is 9.99. The fourth-order valence-electron chi connectivity index (χ4n) is 3.45. The molecule has 3 atom stereocenters. The van der Waals surface area contributed by atoms with Gasteiger partial charge in [-0.15, -0.1) is 0 Å². The van der Waals surface area contributed by atoms with Crippen LogP contribution in [0.25, 0.3) is 0 Å². The maximum absolute atomic E-state index is 12.5.